The Morgan fingerprint density at radius 1 is 1.50 bits per heavy atom. The van der Waals surface area contributed by atoms with Crippen LogP contribution in [-0.2, 0) is 9.74 Å². The molecule has 22 heavy (non-hydrogen) atoms. The molecule has 1 saturated heterocycles. The molecule has 1 aliphatic rings. The van der Waals surface area contributed by atoms with Gasteiger partial charge in [-0.3, -0.25) is 15.1 Å². The van der Waals surface area contributed by atoms with Crippen molar-refractivity contribution >= 4 is 17.3 Å². The highest BCUT2D eigenvalue weighted by molar-refractivity contribution is 5.75. The number of benzene rings is 1. The van der Waals surface area contributed by atoms with Gasteiger partial charge in [0, 0.05) is 23.7 Å². The Labute approximate surface area is 125 Å². The van der Waals surface area contributed by atoms with Crippen LogP contribution in [0.25, 0.3) is 0 Å². The molecule has 1 aromatic rings. The highest BCUT2D eigenvalue weighted by Gasteiger charge is 2.31. The van der Waals surface area contributed by atoms with Crippen LogP contribution in [0.2, 0.25) is 0 Å². The van der Waals surface area contributed by atoms with Gasteiger partial charge in [-0.25, -0.2) is 4.79 Å². The van der Waals surface area contributed by atoms with Crippen molar-refractivity contribution in [1.82, 2.24) is 0 Å². The third kappa shape index (κ3) is 2.83. The Kier molecular flexibility index (Phi) is 4.56. The second-order valence-corrected chi connectivity index (χ2v) is 5.15. The molecule has 2 rings (SSSR count). The Balaban J connectivity index is 2.34. The number of nitriles is 1. The molecule has 0 atom stereocenters. The highest BCUT2D eigenvalue weighted by Crippen LogP contribution is 2.36. The Morgan fingerprint density at radius 2 is 2.14 bits per heavy atom. The summed E-state index contributed by atoms with van der Waals surface area (Å²) in [7, 11) is 0. The maximum atomic E-state index is 11.9. The van der Waals surface area contributed by atoms with Crippen molar-refractivity contribution in [3.63, 3.8) is 0 Å². The number of carbonyl (C=O) groups excluding carboxylic acids is 1. The van der Waals surface area contributed by atoms with Gasteiger partial charge in [-0.15, -0.1) is 0 Å². The van der Waals surface area contributed by atoms with E-state index in [2.05, 4.69) is 4.94 Å². The fourth-order valence-corrected chi connectivity index (χ4v) is 2.69. The molecule has 1 aliphatic heterocycles. The van der Waals surface area contributed by atoms with Gasteiger partial charge in [0.15, 0.2) is 0 Å². The summed E-state index contributed by atoms with van der Waals surface area (Å²) in [6, 6.07) is 4.91. The summed E-state index contributed by atoms with van der Waals surface area (Å²) in [5, 5.41) is 20.5. The van der Waals surface area contributed by atoms with Crippen molar-refractivity contribution in [2.45, 2.75) is 19.8 Å². The van der Waals surface area contributed by atoms with Gasteiger partial charge in [0.05, 0.1) is 16.4 Å². The number of hydrogen-bond acceptors (Lipinski definition) is 6. The van der Waals surface area contributed by atoms with E-state index < -0.39 is 16.8 Å². The molecule has 0 amide bonds. The van der Waals surface area contributed by atoms with Crippen LogP contribution < -0.4 is 4.90 Å². The number of nitro benzene ring substituents is 1. The maximum Gasteiger partial charge on any atom is 0.351 e. The van der Waals surface area contributed by atoms with E-state index in [1.54, 1.807) is 11.8 Å². The molecule has 0 aromatic heterocycles. The molecule has 0 radical (unpaired) electrons. The Hall–Kier alpha value is -2.69. The van der Waals surface area contributed by atoms with Crippen molar-refractivity contribution in [2.24, 2.45) is 5.92 Å². The third-order valence-corrected chi connectivity index (χ3v) is 3.89. The molecule has 8 heteroatoms. The van der Waals surface area contributed by atoms with Crippen molar-refractivity contribution < 1.29 is 19.2 Å². The van der Waals surface area contributed by atoms with E-state index in [0.717, 1.165) is 0 Å². The predicted molar refractivity (Wildman–Crippen MR) is 74.7 cm³/mol. The Bertz CT molecular complexity index is 648. The van der Waals surface area contributed by atoms with Gasteiger partial charge in [-0.05, 0) is 25.3 Å². The molecule has 0 saturated carbocycles. The number of anilines is 1. The van der Waals surface area contributed by atoms with Crippen LogP contribution in [0.15, 0.2) is 12.1 Å². The lowest BCUT2D eigenvalue weighted by Crippen LogP contribution is -2.37. The summed E-state index contributed by atoms with van der Waals surface area (Å²) in [5.74, 6) is -1.48. The summed E-state index contributed by atoms with van der Waals surface area (Å²) in [6.07, 6.45) is 0.636. The van der Waals surface area contributed by atoms with Gasteiger partial charge >= 0.3 is 5.97 Å². The van der Waals surface area contributed by atoms with Gasteiger partial charge in [0.25, 0.3) is 5.69 Å². The first-order chi connectivity index (χ1) is 10.5. The second kappa shape index (κ2) is 6.39. The van der Waals surface area contributed by atoms with Crippen LogP contribution in [0.3, 0.4) is 0 Å². The summed E-state index contributed by atoms with van der Waals surface area (Å²) >= 11 is 0. The number of hydrogen-bond donors (Lipinski definition) is 0. The first-order valence-electron chi connectivity index (χ1n) is 6.75. The van der Waals surface area contributed by atoms with E-state index in [1.807, 2.05) is 6.07 Å². The molecule has 0 aliphatic carbocycles. The van der Waals surface area contributed by atoms with Gasteiger partial charge in [-0.2, -0.15) is 5.26 Å². The van der Waals surface area contributed by atoms with Crippen molar-refractivity contribution in [3.8, 4) is 6.07 Å². The maximum absolute atomic E-state index is 11.9. The zero-order valence-electron chi connectivity index (χ0n) is 11.9. The van der Waals surface area contributed by atoms with Gasteiger partial charge in [-0.1, -0.05) is 6.07 Å². The minimum atomic E-state index is -0.918. The van der Waals surface area contributed by atoms with E-state index in [0.29, 0.717) is 31.5 Å². The number of nitrogens with zero attached hydrogens (tertiary/aromatic N) is 3. The minimum absolute atomic E-state index is 0.145. The van der Waals surface area contributed by atoms with Crippen LogP contribution in [0.1, 0.15) is 24.0 Å². The topological polar surface area (TPSA) is 96.5 Å². The zero-order valence-corrected chi connectivity index (χ0v) is 11.9. The highest BCUT2D eigenvalue weighted by atomic mass is 19.3. The van der Waals surface area contributed by atoms with E-state index in [1.165, 1.54) is 12.1 Å². The molecule has 0 N–H and O–H groups in total. The molecule has 116 valence electrons. The molecular formula is C14H14FN3O4. The van der Waals surface area contributed by atoms with Gasteiger partial charge in [0.1, 0.15) is 11.8 Å². The van der Waals surface area contributed by atoms with Gasteiger partial charge in [0.2, 0.25) is 0 Å². The smallest absolute Gasteiger partial charge is 0.351 e. The standard InChI is InChI=1S/C14H14FN3O4/c1-9-2-3-12(18(20)21)13(11(9)8-16)17-6-4-10(5-7-17)14(19)22-15/h2-3,10H,4-7H2,1H3. The van der Waals surface area contributed by atoms with E-state index in [-0.39, 0.29) is 16.9 Å². The SMILES string of the molecule is Cc1ccc([N+](=O)[O-])c(N2CCC(C(=O)OF)CC2)c1C#N. The lowest BCUT2D eigenvalue weighted by molar-refractivity contribution is -0.384. The summed E-state index contributed by atoms with van der Waals surface area (Å²) in [5.41, 5.74) is 1.02. The van der Waals surface area contributed by atoms with Crippen LogP contribution in [0, 0.1) is 34.3 Å². The number of carbonyl (C=O) groups is 1. The second-order valence-electron chi connectivity index (χ2n) is 5.15. The minimum Gasteiger partial charge on any atom is -0.365 e. The monoisotopic (exact) mass is 307 g/mol. The first kappa shape index (κ1) is 15.7. The summed E-state index contributed by atoms with van der Waals surface area (Å²) in [6.45, 7) is 2.34. The van der Waals surface area contributed by atoms with E-state index in [9.17, 15) is 24.7 Å². The number of nitro groups is 1. The summed E-state index contributed by atoms with van der Waals surface area (Å²) in [4.78, 5) is 26.8. The lowest BCUT2D eigenvalue weighted by Gasteiger charge is -2.32. The average Bonchev–Trinajstić information content (AvgIpc) is 2.53. The predicted octanol–water partition coefficient (Wildman–Crippen LogP) is 2.42. The molecule has 1 fully saturated rings. The largest absolute Gasteiger partial charge is 0.365 e. The third-order valence-electron chi connectivity index (χ3n) is 3.89. The van der Waals surface area contributed by atoms with E-state index in [4.69, 9.17) is 0 Å². The molecule has 0 spiro atoms. The van der Waals surface area contributed by atoms with Crippen molar-refractivity contribution in [1.29, 1.82) is 5.26 Å². The quantitative estimate of drug-likeness (QED) is 0.628. The number of rotatable bonds is 3. The number of aryl methyl sites for hydroxylation is 1. The van der Waals surface area contributed by atoms with E-state index >= 15 is 0 Å². The van der Waals surface area contributed by atoms with Gasteiger partial charge < -0.3 is 4.90 Å². The molecule has 0 bridgehead atoms. The Morgan fingerprint density at radius 3 is 2.64 bits per heavy atom. The fraction of sp³-hybridized carbons (Fsp3) is 0.429. The fourth-order valence-electron chi connectivity index (χ4n) is 2.69. The molecular weight excluding hydrogens is 293 g/mol. The van der Waals surface area contributed by atoms with Crippen LogP contribution in [0.5, 0.6) is 0 Å². The van der Waals surface area contributed by atoms with Crippen LogP contribution in [0.4, 0.5) is 15.9 Å². The molecule has 1 aromatic carbocycles. The zero-order chi connectivity index (χ0) is 16.3. The average molecular weight is 307 g/mol. The molecule has 0 unspecified atom stereocenters. The number of piperidine rings is 1. The number of halogens is 1. The van der Waals surface area contributed by atoms with Crippen LogP contribution >= 0.6 is 0 Å². The van der Waals surface area contributed by atoms with Crippen molar-refractivity contribution in [2.75, 3.05) is 18.0 Å². The lowest BCUT2D eigenvalue weighted by atomic mass is 9.95. The molecule has 7 nitrogen and oxygen atoms in total. The first-order valence-corrected chi connectivity index (χ1v) is 6.75. The molecule has 1 heterocycles. The summed E-state index contributed by atoms with van der Waals surface area (Å²) < 4.78 is 11.9. The van der Waals surface area contributed by atoms with Crippen molar-refractivity contribution in [3.05, 3.63) is 33.4 Å². The normalized spacial score (nSPS) is 15.2. The van der Waals surface area contributed by atoms with Crippen LogP contribution in [-0.4, -0.2) is 24.0 Å².